The molecule has 0 aliphatic carbocycles. The van der Waals surface area contributed by atoms with Gasteiger partial charge in [-0.15, -0.1) is 58.8 Å². The molecule has 26 heteroatoms. The van der Waals surface area contributed by atoms with Crippen molar-refractivity contribution >= 4 is 91.7 Å². The number of methoxy groups -OCH3 is 2. The minimum absolute atomic E-state index is 0.0268. The fourth-order valence-electron chi connectivity index (χ4n) is 17.1. The molecule has 8 N–H and O–H groups in total. The number of rotatable bonds is 38. The Morgan fingerprint density at radius 1 is 0.447 bits per heavy atom. The molecule has 10 aromatic carbocycles. The lowest BCUT2D eigenvalue weighted by Gasteiger charge is -2.32. The molecule has 11 aromatic rings. The highest BCUT2D eigenvalue weighted by molar-refractivity contribution is 8.00. The third-order valence-corrected chi connectivity index (χ3v) is 29.9. The summed E-state index contributed by atoms with van der Waals surface area (Å²) >= 11 is 8.75. The topological polar surface area (TPSA) is 269 Å². The molecular weight excluding hydrogens is 1750 g/mol. The zero-order valence-corrected chi connectivity index (χ0v) is 81.6. The van der Waals surface area contributed by atoms with Gasteiger partial charge in [0.2, 0.25) is 0 Å². The molecule has 4 fully saturated rings. The number of nitrogens with zero attached hydrogens (tertiary/aromatic N) is 8. The van der Waals surface area contributed by atoms with Crippen molar-refractivity contribution in [3.8, 4) is 23.6 Å². The van der Waals surface area contributed by atoms with Crippen LogP contribution in [0.5, 0.6) is 11.5 Å². The summed E-state index contributed by atoms with van der Waals surface area (Å²) in [4.78, 5) is 24.8. The van der Waals surface area contributed by atoms with E-state index < -0.39 is 24.4 Å². The number of nitriles is 2. The second kappa shape index (κ2) is 49.3. The maximum atomic E-state index is 11.8. The first-order valence-corrected chi connectivity index (χ1v) is 50.7. The maximum absolute atomic E-state index is 11.8. The van der Waals surface area contributed by atoms with Crippen LogP contribution in [0.15, 0.2) is 252 Å². The molecule has 132 heavy (non-hydrogen) atoms. The molecule has 21 nitrogen and oxygen atoms in total. The highest BCUT2D eigenvalue weighted by Gasteiger charge is 2.38. The Bertz CT molecular complexity index is 5620. The molecule has 0 saturated carbocycles. The second-order valence-electron chi connectivity index (χ2n) is 37.2. The monoisotopic (exact) mass is 1870 g/mol. The number of aliphatic hydroxyl groups excluding tert-OH is 4. The number of nitro groups is 1. The summed E-state index contributed by atoms with van der Waals surface area (Å²) in [6, 6.07) is 83.4. The second-order valence-corrected chi connectivity index (χ2v) is 42.2. The van der Waals surface area contributed by atoms with Crippen LogP contribution in [0, 0.1) is 39.3 Å². The van der Waals surface area contributed by atoms with Crippen molar-refractivity contribution in [2.24, 2.45) is 0 Å². The number of ether oxygens (including phenoxy) is 2. The number of furan rings is 1. The minimum atomic E-state index is -0.552. The van der Waals surface area contributed by atoms with Gasteiger partial charge in [0.1, 0.15) is 17.3 Å². The normalized spacial score (nSPS) is 17.8. The lowest BCUT2D eigenvalue weighted by Crippen LogP contribution is -2.50. The largest absolute Gasteiger partial charge is 0.497 e. The van der Waals surface area contributed by atoms with Crippen LogP contribution < -0.4 is 30.7 Å². The summed E-state index contributed by atoms with van der Waals surface area (Å²) in [7, 11) is 3.35. The van der Waals surface area contributed by atoms with Gasteiger partial charge in [-0.05, 0) is 214 Å². The number of aliphatic hydroxyl groups is 4. The molecule has 0 spiro atoms. The van der Waals surface area contributed by atoms with E-state index in [-0.39, 0.29) is 56.9 Å². The average Bonchev–Trinajstić information content (AvgIpc) is 1.07. The van der Waals surface area contributed by atoms with Gasteiger partial charge >= 0.3 is 0 Å². The van der Waals surface area contributed by atoms with E-state index in [4.69, 9.17) is 31.0 Å². The molecule has 696 valence electrons. The van der Waals surface area contributed by atoms with Crippen molar-refractivity contribution < 1.29 is 39.2 Å². The summed E-state index contributed by atoms with van der Waals surface area (Å²) in [6.07, 6.45) is 3.22. The molecule has 8 atom stereocenters. The molecular formula is C106H128N12O9S5. The van der Waals surface area contributed by atoms with Crippen molar-refractivity contribution in [3.05, 3.63) is 326 Å². The SMILES string of the molecule is CC(C)(Cc1ccc2ccccc2c1)NC[C@H](O)[C@H]1CSCN1Cc1ccc(SCc2ccco2)c([N+](=O)[O-])c1.CC(C)(Cc1ccc2ccccc2c1)NC[C@H](O)[C@H]1CSCN1Cc1cccc(C#N)c1.COc1ccc(CC(C)(C)NC[C@H](O)[C@H]2CSCN2Cc2cccc(C#N)c2)cc1.[C-]#[N+]c1ccc(CN2CSC[C@@H]2[C@@H](O)CNC(C)(C)Cc2ccc(OC)cc2)cc1. The summed E-state index contributed by atoms with van der Waals surface area (Å²) < 4.78 is 15.8. The number of hydrogen-bond donors (Lipinski definition) is 8. The van der Waals surface area contributed by atoms with E-state index in [0.717, 1.165) is 126 Å². The van der Waals surface area contributed by atoms with Crippen LogP contribution in [-0.4, -0.2) is 203 Å². The fraction of sp³-hybridized carbons (Fsp3) is 0.406. The van der Waals surface area contributed by atoms with Gasteiger partial charge in [-0.2, -0.15) is 10.5 Å². The van der Waals surface area contributed by atoms with E-state index in [0.29, 0.717) is 60.2 Å². The summed E-state index contributed by atoms with van der Waals surface area (Å²) in [5, 5.41) is 93.4. The number of nitro benzene ring substituents is 1. The van der Waals surface area contributed by atoms with E-state index in [1.54, 1.807) is 38.3 Å². The van der Waals surface area contributed by atoms with E-state index in [1.807, 2.05) is 151 Å². The summed E-state index contributed by atoms with van der Waals surface area (Å²) in [6.45, 7) is 29.5. The highest BCUT2D eigenvalue weighted by Crippen LogP contribution is 2.37. The summed E-state index contributed by atoms with van der Waals surface area (Å²) in [5.41, 5.74) is 10.9. The van der Waals surface area contributed by atoms with Gasteiger partial charge in [0.05, 0.1) is 90.3 Å². The molecule has 0 bridgehead atoms. The molecule has 15 rings (SSSR count). The van der Waals surface area contributed by atoms with Crippen LogP contribution in [0.3, 0.4) is 0 Å². The maximum Gasteiger partial charge on any atom is 0.283 e. The van der Waals surface area contributed by atoms with Crippen molar-refractivity contribution in [1.82, 2.24) is 40.9 Å². The first-order chi connectivity index (χ1) is 63.5. The Morgan fingerprint density at radius 2 is 0.795 bits per heavy atom. The Hall–Kier alpha value is -9.26. The van der Waals surface area contributed by atoms with Gasteiger partial charge in [-0.1, -0.05) is 164 Å². The lowest BCUT2D eigenvalue weighted by molar-refractivity contribution is -0.387. The minimum Gasteiger partial charge on any atom is -0.497 e. The predicted molar refractivity (Wildman–Crippen MR) is 544 cm³/mol. The van der Waals surface area contributed by atoms with Crippen molar-refractivity contribution in [3.63, 3.8) is 0 Å². The summed E-state index contributed by atoms with van der Waals surface area (Å²) in [5.74, 6) is 10.1. The molecule has 4 saturated heterocycles. The van der Waals surface area contributed by atoms with E-state index in [2.05, 4.69) is 229 Å². The standard InChI is InChI=1S/C31H35N3O4S2.C27H31N3OS.2C24H31N3O2S/c1-31(2,16-22-9-11-24-6-3-4-7-25(24)14-22)32-17-29(35)28-20-39-21-33(28)18-23-10-12-30(27(15-23)34(36)37)40-19-26-8-5-13-38-26;1-27(2,14-20-10-11-23-8-3-4-9-24(23)13-20)29-16-26(31)25-18-32-19-30(25)17-22-7-5-6-21(12-22)15-28;1-24(2,13-18-7-11-21(29-4)12-8-18)26-14-23(28)22-16-30-17-27(22)15-19-5-9-20(25-3)10-6-19;1-24(2,12-18-7-9-21(29-3)10-8-18)26-14-23(28)22-16-30-17-27(22)15-20-6-4-5-19(11-20)13-25/h3-15,28-29,32,35H,16-21H2,1-2H3;3-13,25-26,29,31H,14,16-19H2,1-2H3;5-12,22-23,26,28H,13-17H2,1-2,4H3;4-11,22-23,26,28H,12,14-17H2,1-3H3/t28-,29+;25-,26+;2*22-,23+/m1111/s1. The van der Waals surface area contributed by atoms with E-state index >= 15 is 0 Å². The Morgan fingerprint density at radius 3 is 1.15 bits per heavy atom. The van der Waals surface area contributed by atoms with Gasteiger partial charge in [0.15, 0.2) is 5.69 Å². The third-order valence-electron chi connectivity index (χ3n) is 24.4. The zero-order valence-electron chi connectivity index (χ0n) is 77.5. The zero-order chi connectivity index (χ0) is 93.8. The smallest absolute Gasteiger partial charge is 0.283 e. The van der Waals surface area contributed by atoms with E-state index in [1.165, 1.54) is 61.1 Å². The molecule has 0 radical (unpaired) electrons. The van der Waals surface area contributed by atoms with Gasteiger partial charge in [0, 0.05) is 151 Å². The van der Waals surface area contributed by atoms with E-state index in [9.17, 15) is 30.5 Å². The highest BCUT2D eigenvalue weighted by atomic mass is 32.2. The number of nitrogens with one attached hydrogen (secondary N) is 4. The number of fused-ring (bicyclic) bond motifs is 2. The third kappa shape index (κ3) is 31.2. The van der Waals surface area contributed by atoms with Crippen LogP contribution in [-0.2, 0) is 57.6 Å². The molecule has 4 aliphatic rings. The number of β-amino-alcohol motifs (C(OH)–C–C–N with tert-alkyl or cyclic N) is 4. The van der Waals surface area contributed by atoms with Crippen LogP contribution >= 0.6 is 58.8 Å². The lowest BCUT2D eigenvalue weighted by atomic mass is 9.93. The van der Waals surface area contributed by atoms with Crippen molar-refractivity contribution in [2.75, 3.05) is 86.9 Å². The predicted octanol–water partition coefficient (Wildman–Crippen LogP) is 18.5. The van der Waals surface area contributed by atoms with Gasteiger partial charge < -0.3 is 55.6 Å². The van der Waals surface area contributed by atoms with Crippen LogP contribution in [0.1, 0.15) is 117 Å². The average molecular weight is 1870 g/mol. The molecule has 1 aromatic heterocycles. The first-order valence-electron chi connectivity index (χ1n) is 45.1. The Kier molecular flexibility index (Phi) is 38.0. The number of hydrogen-bond acceptors (Lipinski definition) is 24. The van der Waals surface area contributed by atoms with Crippen LogP contribution in [0.2, 0.25) is 0 Å². The van der Waals surface area contributed by atoms with Crippen molar-refractivity contribution in [2.45, 2.75) is 189 Å². The number of benzene rings is 10. The molecule has 5 heterocycles. The van der Waals surface area contributed by atoms with Gasteiger partial charge in [-0.25, -0.2) is 4.85 Å². The van der Waals surface area contributed by atoms with Crippen LogP contribution in [0.25, 0.3) is 26.4 Å². The van der Waals surface area contributed by atoms with Crippen LogP contribution in [0.4, 0.5) is 11.4 Å². The van der Waals surface area contributed by atoms with Gasteiger partial charge in [-0.3, -0.25) is 29.7 Å². The van der Waals surface area contributed by atoms with Crippen molar-refractivity contribution in [1.29, 1.82) is 10.5 Å². The molecule has 0 unspecified atom stereocenters. The van der Waals surface area contributed by atoms with Gasteiger partial charge in [0.25, 0.3) is 5.69 Å². The quantitative estimate of drug-likeness (QED) is 0.00773. The first kappa shape index (κ1) is 102. The fourth-order valence-corrected chi connectivity index (χ4v) is 23.2. The Balaban J connectivity index is 0.000000160. The molecule has 4 aliphatic heterocycles. The number of thioether (sulfide) groups is 5. The molecule has 0 amide bonds. The Labute approximate surface area is 801 Å².